The Morgan fingerprint density at radius 1 is 1.36 bits per heavy atom. The molecule has 0 aromatic heterocycles. The highest BCUT2D eigenvalue weighted by Crippen LogP contribution is 2.18. The molecule has 0 saturated heterocycles. The molecule has 0 heterocycles. The number of halogens is 1. The summed E-state index contributed by atoms with van der Waals surface area (Å²) in [5, 5.41) is 11.6. The molecule has 1 aromatic carbocycles. The number of ether oxygens (including phenoxy) is 1. The topological polar surface area (TPSA) is 75.6 Å². The Morgan fingerprint density at radius 3 is 2.55 bits per heavy atom. The van der Waals surface area contributed by atoms with Crippen LogP contribution in [0.15, 0.2) is 18.2 Å². The molecular weight excluding hydrogens is 289 g/mol. The summed E-state index contributed by atoms with van der Waals surface area (Å²) in [6.45, 7) is 3.78. The minimum Gasteiger partial charge on any atom is -0.494 e. The van der Waals surface area contributed by atoms with E-state index in [1.807, 2.05) is 13.8 Å². The molecule has 6 heteroatoms. The number of carboxylic acid groups (broad SMARTS) is 1. The van der Waals surface area contributed by atoms with Crippen molar-refractivity contribution in [1.29, 1.82) is 0 Å². The summed E-state index contributed by atoms with van der Waals surface area (Å²) in [7, 11) is 1.38. The van der Waals surface area contributed by atoms with Gasteiger partial charge in [0.15, 0.2) is 11.6 Å². The summed E-state index contributed by atoms with van der Waals surface area (Å²) in [4.78, 5) is 22.9. The lowest BCUT2D eigenvalue weighted by Crippen LogP contribution is -2.41. The average molecular weight is 311 g/mol. The van der Waals surface area contributed by atoms with Crippen LogP contribution in [0.3, 0.4) is 0 Å². The smallest absolute Gasteiger partial charge is 0.326 e. The number of carbonyl (C=O) groups excluding carboxylic acids is 1. The van der Waals surface area contributed by atoms with Crippen molar-refractivity contribution in [3.63, 3.8) is 0 Å². The Morgan fingerprint density at radius 2 is 2.05 bits per heavy atom. The van der Waals surface area contributed by atoms with Gasteiger partial charge in [-0.1, -0.05) is 19.9 Å². The van der Waals surface area contributed by atoms with Gasteiger partial charge >= 0.3 is 5.97 Å². The van der Waals surface area contributed by atoms with Crippen LogP contribution in [0.25, 0.3) is 0 Å². The highest BCUT2D eigenvalue weighted by Gasteiger charge is 2.20. The van der Waals surface area contributed by atoms with E-state index in [9.17, 15) is 14.0 Å². The Labute approximate surface area is 129 Å². The predicted octanol–water partition coefficient (Wildman–Crippen LogP) is 2.38. The second-order valence-electron chi connectivity index (χ2n) is 5.56. The Bertz CT molecular complexity index is 531. The third-order valence-electron chi connectivity index (χ3n) is 3.20. The Balaban J connectivity index is 2.54. The predicted molar refractivity (Wildman–Crippen MR) is 80.3 cm³/mol. The summed E-state index contributed by atoms with van der Waals surface area (Å²) in [5.41, 5.74) is 0.657. The zero-order valence-corrected chi connectivity index (χ0v) is 13.1. The standard InChI is InChI=1S/C16H22FNO4/c1-10(2)8-13(16(20)21)18-15(19)7-5-11-4-6-14(22-3)12(17)9-11/h4,6,9-10,13H,5,7-8H2,1-3H3,(H,18,19)(H,20,21)/t13-/m0/s1. The van der Waals surface area contributed by atoms with Crippen molar-refractivity contribution in [2.75, 3.05) is 7.11 Å². The average Bonchev–Trinajstić information content (AvgIpc) is 2.44. The lowest BCUT2D eigenvalue weighted by atomic mass is 10.0. The number of hydrogen-bond donors (Lipinski definition) is 2. The molecule has 0 radical (unpaired) electrons. The third kappa shape index (κ3) is 5.71. The fourth-order valence-corrected chi connectivity index (χ4v) is 2.08. The highest BCUT2D eigenvalue weighted by molar-refractivity contribution is 5.83. The van der Waals surface area contributed by atoms with Gasteiger partial charge in [0.1, 0.15) is 6.04 Å². The number of nitrogens with one attached hydrogen (secondary N) is 1. The lowest BCUT2D eigenvalue weighted by Gasteiger charge is -2.16. The molecule has 0 spiro atoms. The van der Waals surface area contributed by atoms with Crippen molar-refractivity contribution in [2.45, 2.75) is 39.2 Å². The van der Waals surface area contributed by atoms with Crippen LogP contribution in [-0.2, 0) is 16.0 Å². The van der Waals surface area contributed by atoms with Gasteiger partial charge in [0.25, 0.3) is 0 Å². The van der Waals surface area contributed by atoms with E-state index in [-0.39, 0.29) is 24.0 Å². The summed E-state index contributed by atoms with van der Waals surface area (Å²) < 4.78 is 18.4. The first-order valence-corrected chi connectivity index (χ1v) is 7.18. The number of carboxylic acids is 1. The van der Waals surface area contributed by atoms with Gasteiger partial charge in [0, 0.05) is 6.42 Å². The van der Waals surface area contributed by atoms with Gasteiger partial charge in [-0.25, -0.2) is 9.18 Å². The van der Waals surface area contributed by atoms with Gasteiger partial charge in [0.05, 0.1) is 7.11 Å². The molecule has 0 aliphatic rings. The van der Waals surface area contributed by atoms with Gasteiger partial charge < -0.3 is 15.2 Å². The number of benzene rings is 1. The van der Waals surface area contributed by atoms with E-state index < -0.39 is 17.8 Å². The van der Waals surface area contributed by atoms with Gasteiger partial charge in [-0.05, 0) is 36.5 Å². The first-order chi connectivity index (χ1) is 10.3. The van der Waals surface area contributed by atoms with Gasteiger partial charge in [0.2, 0.25) is 5.91 Å². The van der Waals surface area contributed by atoms with E-state index in [0.29, 0.717) is 18.4 Å². The summed E-state index contributed by atoms with van der Waals surface area (Å²) in [6.07, 6.45) is 0.812. The number of amides is 1. The molecule has 122 valence electrons. The summed E-state index contributed by atoms with van der Waals surface area (Å²) in [5.74, 6) is -1.57. The van der Waals surface area contributed by atoms with E-state index in [4.69, 9.17) is 9.84 Å². The first-order valence-electron chi connectivity index (χ1n) is 7.18. The van der Waals surface area contributed by atoms with Crippen LogP contribution < -0.4 is 10.1 Å². The second-order valence-corrected chi connectivity index (χ2v) is 5.56. The van der Waals surface area contributed by atoms with Crippen molar-refractivity contribution in [3.05, 3.63) is 29.6 Å². The third-order valence-corrected chi connectivity index (χ3v) is 3.20. The van der Waals surface area contributed by atoms with Crippen LogP contribution in [0, 0.1) is 11.7 Å². The molecule has 0 aliphatic carbocycles. The van der Waals surface area contributed by atoms with E-state index in [0.717, 1.165) is 0 Å². The van der Waals surface area contributed by atoms with E-state index >= 15 is 0 Å². The fourth-order valence-electron chi connectivity index (χ4n) is 2.08. The number of carbonyl (C=O) groups is 2. The molecule has 2 N–H and O–H groups in total. The highest BCUT2D eigenvalue weighted by atomic mass is 19.1. The number of aryl methyl sites for hydroxylation is 1. The van der Waals surface area contributed by atoms with Crippen LogP contribution >= 0.6 is 0 Å². The maximum absolute atomic E-state index is 13.5. The number of aliphatic carboxylic acids is 1. The maximum atomic E-state index is 13.5. The van der Waals surface area contributed by atoms with Gasteiger partial charge in [-0.15, -0.1) is 0 Å². The molecule has 1 amide bonds. The monoisotopic (exact) mass is 311 g/mol. The summed E-state index contributed by atoms with van der Waals surface area (Å²) in [6, 6.07) is 3.61. The Hall–Kier alpha value is -2.11. The second kappa shape index (κ2) is 8.36. The number of hydrogen-bond acceptors (Lipinski definition) is 3. The first kappa shape index (κ1) is 17.9. The summed E-state index contributed by atoms with van der Waals surface area (Å²) >= 11 is 0. The van der Waals surface area contributed by atoms with E-state index in [1.54, 1.807) is 6.07 Å². The van der Waals surface area contributed by atoms with E-state index in [1.165, 1.54) is 19.2 Å². The zero-order valence-electron chi connectivity index (χ0n) is 13.1. The molecular formula is C16H22FNO4. The van der Waals surface area contributed by atoms with Crippen molar-refractivity contribution in [2.24, 2.45) is 5.92 Å². The van der Waals surface area contributed by atoms with E-state index in [2.05, 4.69) is 5.32 Å². The van der Waals surface area contributed by atoms with Crippen molar-refractivity contribution in [3.8, 4) is 5.75 Å². The van der Waals surface area contributed by atoms with Crippen molar-refractivity contribution >= 4 is 11.9 Å². The van der Waals surface area contributed by atoms with Crippen LogP contribution in [0.1, 0.15) is 32.3 Å². The largest absolute Gasteiger partial charge is 0.494 e. The molecule has 5 nitrogen and oxygen atoms in total. The van der Waals surface area contributed by atoms with Crippen LogP contribution in [0.2, 0.25) is 0 Å². The van der Waals surface area contributed by atoms with Gasteiger partial charge in [-0.3, -0.25) is 4.79 Å². The maximum Gasteiger partial charge on any atom is 0.326 e. The van der Waals surface area contributed by atoms with Crippen LogP contribution in [0.4, 0.5) is 4.39 Å². The molecule has 0 bridgehead atoms. The van der Waals surface area contributed by atoms with Crippen LogP contribution in [0.5, 0.6) is 5.75 Å². The molecule has 0 fully saturated rings. The zero-order chi connectivity index (χ0) is 16.7. The molecule has 1 atom stereocenters. The minimum absolute atomic E-state index is 0.105. The molecule has 1 aromatic rings. The molecule has 1 rings (SSSR count). The fraction of sp³-hybridized carbons (Fsp3) is 0.500. The normalized spacial score (nSPS) is 12.0. The SMILES string of the molecule is COc1ccc(CCC(=O)N[C@@H](CC(C)C)C(=O)O)cc1F. The minimum atomic E-state index is -1.04. The molecule has 0 unspecified atom stereocenters. The Kier molecular flexibility index (Phi) is 6.82. The quantitative estimate of drug-likeness (QED) is 0.773. The van der Waals surface area contributed by atoms with Crippen LogP contribution in [-0.4, -0.2) is 30.1 Å². The van der Waals surface area contributed by atoms with Gasteiger partial charge in [-0.2, -0.15) is 0 Å². The molecule has 22 heavy (non-hydrogen) atoms. The van der Waals surface area contributed by atoms with Crippen molar-refractivity contribution < 1.29 is 23.8 Å². The number of rotatable bonds is 8. The molecule has 0 saturated carbocycles. The molecule has 0 aliphatic heterocycles. The lowest BCUT2D eigenvalue weighted by molar-refractivity contribution is -0.142. The number of methoxy groups -OCH3 is 1. The van der Waals surface area contributed by atoms with Crippen molar-refractivity contribution in [1.82, 2.24) is 5.32 Å².